The molecule has 1 aromatic heterocycles. The first-order valence-electron chi connectivity index (χ1n) is 8.48. The number of para-hydroxylation sites is 1. The van der Waals surface area contributed by atoms with Crippen molar-refractivity contribution in [3.63, 3.8) is 0 Å². The van der Waals surface area contributed by atoms with Crippen molar-refractivity contribution < 1.29 is 17.9 Å². The second kappa shape index (κ2) is 7.59. The zero-order valence-corrected chi connectivity index (χ0v) is 15.3. The van der Waals surface area contributed by atoms with Crippen molar-refractivity contribution in [2.45, 2.75) is 12.1 Å². The monoisotopic (exact) mass is 400 g/mol. The van der Waals surface area contributed by atoms with Gasteiger partial charge in [0.2, 0.25) is 0 Å². The van der Waals surface area contributed by atoms with E-state index in [1.165, 1.54) is 0 Å². The molecule has 4 aromatic rings. The number of rotatable bonds is 5. The Morgan fingerprint density at radius 2 is 1.64 bits per heavy atom. The molecule has 0 bridgehead atoms. The first kappa shape index (κ1) is 18.4. The second-order valence-corrected chi connectivity index (χ2v) is 7.03. The van der Waals surface area contributed by atoms with E-state index in [0.717, 1.165) is 27.4 Å². The molecule has 0 aliphatic rings. The largest absolute Gasteiger partial charge is 0.487 e. The van der Waals surface area contributed by atoms with Crippen LogP contribution >= 0.6 is 11.9 Å². The third-order valence-electron chi connectivity index (χ3n) is 4.14. The Balaban J connectivity index is 1.49. The molecule has 28 heavy (non-hydrogen) atoms. The minimum atomic E-state index is -4.34. The predicted molar refractivity (Wildman–Crippen MR) is 107 cm³/mol. The van der Waals surface area contributed by atoms with Gasteiger partial charge in [-0.15, -0.1) is 0 Å². The standard InChI is InChI=1S/C21H15F3N2OS/c22-21(23,24)28-26-17-8-5-14-7-10-19(12-16(14)11-17)27-13-18-9-6-15-3-1-2-4-20(15)25-18/h1-12,26H,13H2. The van der Waals surface area contributed by atoms with Gasteiger partial charge in [0.15, 0.2) is 0 Å². The smallest absolute Gasteiger partial charge is 0.461 e. The fraction of sp³-hybridized carbons (Fsp3) is 0.0952. The molecule has 0 saturated heterocycles. The maximum atomic E-state index is 12.4. The fourth-order valence-electron chi connectivity index (χ4n) is 2.84. The summed E-state index contributed by atoms with van der Waals surface area (Å²) in [5.41, 5.74) is -2.26. The van der Waals surface area contributed by atoms with Gasteiger partial charge >= 0.3 is 5.51 Å². The first-order valence-corrected chi connectivity index (χ1v) is 9.30. The number of pyridine rings is 1. The van der Waals surface area contributed by atoms with Crippen LogP contribution in [0.4, 0.5) is 18.9 Å². The van der Waals surface area contributed by atoms with Crippen molar-refractivity contribution in [2.24, 2.45) is 0 Å². The molecule has 142 valence electrons. The Kier molecular flexibility index (Phi) is 5.00. The summed E-state index contributed by atoms with van der Waals surface area (Å²) in [6.07, 6.45) is 0. The molecule has 0 saturated carbocycles. The number of benzene rings is 3. The van der Waals surface area contributed by atoms with Gasteiger partial charge in [-0.05, 0) is 47.2 Å². The van der Waals surface area contributed by atoms with Gasteiger partial charge < -0.3 is 9.46 Å². The SMILES string of the molecule is FC(F)(F)SNc1ccc2ccc(OCc3ccc4ccccc4n3)cc2c1. The van der Waals surface area contributed by atoms with Gasteiger partial charge in [0, 0.05) is 11.1 Å². The molecule has 1 N–H and O–H groups in total. The highest BCUT2D eigenvalue weighted by Crippen LogP contribution is 2.32. The summed E-state index contributed by atoms with van der Waals surface area (Å²) < 4.78 is 45.2. The van der Waals surface area contributed by atoms with Gasteiger partial charge in [0.25, 0.3) is 0 Å². The summed E-state index contributed by atoms with van der Waals surface area (Å²) in [4.78, 5) is 4.57. The van der Waals surface area contributed by atoms with Crippen LogP contribution in [-0.4, -0.2) is 10.5 Å². The number of halogens is 3. The van der Waals surface area contributed by atoms with Gasteiger partial charge in [-0.3, -0.25) is 0 Å². The zero-order valence-electron chi connectivity index (χ0n) is 14.5. The van der Waals surface area contributed by atoms with Crippen molar-refractivity contribution in [1.82, 2.24) is 4.98 Å². The van der Waals surface area contributed by atoms with Crippen LogP contribution < -0.4 is 9.46 Å². The minimum Gasteiger partial charge on any atom is -0.487 e. The van der Waals surface area contributed by atoms with Gasteiger partial charge in [0.05, 0.1) is 23.2 Å². The van der Waals surface area contributed by atoms with Crippen LogP contribution in [0.25, 0.3) is 21.7 Å². The van der Waals surface area contributed by atoms with Crippen molar-refractivity contribution >= 4 is 39.3 Å². The van der Waals surface area contributed by atoms with E-state index in [0.29, 0.717) is 18.0 Å². The normalized spacial score (nSPS) is 11.7. The number of anilines is 1. The average Bonchev–Trinajstić information content (AvgIpc) is 2.69. The summed E-state index contributed by atoms with van der Waals surface area (Å²) in [6.45, 7) is 0.304. The van der Waals surface area contributed by atoms with E-state index in [9.17, 15) is 13.2 Å². The minimum absolute atomic E-state index is 0.282. The number of aromatic nitrogens is 1. The first-order chi connectivity index (χ1) is 13.5. The third kappa shape index (κ3) is 4.48. The van der Waals surface area contributed by atoms with E-state index in [1.54, 1.807) is 24.3 Å². The zero-order chi connectivity index (χ0) is 19.6. The van der Waals surface area contributed by atoms with Crippen LogP contribution in [0, 0.1) is 0 Å². The lowest BCUT2D eigenvalue weighted by atomic mass is 10.1. The molecule has 3 nitrogen and oxygen atoms in total. The number of hydrogen-bond donors (Lipinski definition) is 1. The highest BCUT2D eigenvalue weighted by atomic mass is 32.2. The molecule has 0 aliphatic heterocycles. The number of nitrogens with zero attached hydrogens (tertiary/aromatic N) is 1. The van der Waals surface area contributed by atoms with E-state index >= 15 is 0 Å². The van der Waals surface area contributed by atoms with Crippen molar-refractivity contribution in [1.29, 1.82) is 0 Å². The van der Waals surface area contributed by atoms with E-state index in [2.05, 4.69) is 9.71 Å². The Labute approximate surface area is 163 Å². The van der Waals surface area contributed by atoms with Gasteiger partial charge in [-0.2, -0.15) is 13.2 Å². The van der Waals surface area contributed by atoms with Crippen molar-refractivity contribution in [3.05, 3.63) is 78.5 Å². The Morgan fingerprint density at radius 3 is 2.50 bits per heavy atom. The van der Waals surface area contributed by atoms with E-state index < -0.39 is 5.51 Å². The molecular formula is C21H15F3N2OS. The average molecular weight is 400 g/mol. The van der Waals surface area contributed by atoms with Gasteiger partial charge in [-0.25, -0.2) is 4.98 Å². The highest BCUT2D eigenvalue weighted by molar-refractivity contribution is 8.01. The Bertz CT molecular complexity index is 1130. The third-order valence-corrected chi connectivity index (χ3v) is 4.71. The van der Waals surface area contributed by atoms with Crippen molar-refractivity contribution in [2.75, 3.05) is 4.72 Å². The summed E-state index contributed by atoms with van der Waals surface area (Å²) in [5.74, 6) is 0.628. The lowest BCUT2D eigenvalue weighted by Crippen LogP contribution is -2.04. The number of alkyl halides is 3. The number of fused-ring (bicyclic) bond motifs is 2. The highest BCUT2D eigenvalue weighted by Gasteiger charge is 2.28. The molecular weight excluding hydrogens is 385 g/mol. The Hall–Kier alpha value is -2.93. The molecule has 0 radical (unpaired) electrons. The molecule has 0 fully saturated rings. The van der Waals surface area contributed by atoms with Crippen molar-refractivity contribution in [3.8, 4) is 5.75 Å². The molecule has 1 heterocycles. The lowest BCUT2D eigenvalue weighted by Gasteiger charge is -2.10. The molecule has 0 spiro atoms. The summed E-state index contributed by atoms with van der Waals surface area (Å²) in [5, 5.41) is 2.77. The van der Waals surface area contributed by atoms with Crippen LogP contribution in [-0.2, 0) is 6.61 Å². The van der Waals surface area contributed by atoms with Crippen LogP contribution in [0.3, 0.4) is 0 Å². The maximum Gasteiger partial charge on any atom is 0.461 e. The summed E-state index contributed by atoms with van der Waals surface area (Å²) >= 11 is -0.282. The second-order valence-electron chi connectivity index (χ2n) is 6.16. The van der Waals surface area contributed by atoms with Gasteiger partial charge in [-0.1, -0.05) is 36.4 Å². The molecule has 0 atom stereocenters. The van der Waals surface area contributed by atoms with Crippen LogP contribution in [0.2, 0.25) is 0 Å². The van der Waals surface area contributed by atoms with Crippen LogP contribution in [0.15, 0.2) is 72.8 Å². The van der Waals surface area contributed by atoms with E-state index in [-0.39, 0.29) is 11.9 Å². The quantitative estimate of drug-likeness (QED) is 0.385. The van der Waals surface area contributed by atoms with E-state index in [4.69, 9.17) is 4.74 Å². The number of nitrogens with one attached hydrogen (secondary N) is 1. The van der Waals surface area contributed by atoms with Crippen LogP contribution in [0.5, 0.6) is 5.75 Å². The number of hydrogen-bond acceptors (Lipinski definition) is 4. The molecule has 0 aliphatic carbocycles. The maximum absolute atomic E-state index is 12.4. The molecule has 0 unspecified atom stereocenters. The molecule has 0 amide bonds. The lowest BCUT2D eigenvalue weighted by molar-refractivity contribution is -0.0323. The Morgan fingerprint density at radius 1 is 0.857 bits per heavy atom. The predicted octanol–water partition coefficient (Wildman–Crippen LogP) is 6.55. The summed E-state index contributed by atoms with van der Waals surface area (Å²) in [6, 6.07) is 22.3. The molecule has 4 rings (SSSR count). The molecule has 3 aromatic carbocycles. The van der Waals surface area contributed by atoms with Crippen LogP contribution in [0.1, 0.15) is 5.69 Å². The fourth-order valence-corrected chi connectivity index (χ4v) is 3.20. The molecule has 7 heteroatoms. The summed E-state index contributed by atoms with van der Waals surface area (Å²) in [7, 11) is 0. The van der Waals surface area contributed by atoms with Gasteiger partial charge in [0.1, 0.15) is 12.4 Å². The topological polar surface area (TPSA) is 34.1 Å². The van der Waals surface area contributed by atoms with E-state index in [1.807, 2.05) is 48.5 Å². The number of ether oxygens (including phenoxy) is 1.